The number of anilines is 1. The first-order valence-corrected chi connectivity index (χ1v) is 24.3. The summed E-state index contributed by atoms with van der Waals surface area (Å²) in [6.07, 6.45) is 9.94. The van der Waals surface area contributed by atoms with E-state index in [1.165, 1.54) is 30.6 Å². The summed E-state index contributed by atoms with van der Waals surface area (Å²) in [5.41, 5.74) is 1.80. The molecule has 3 aromatic rings. The molecule has 2 amide bonds. The molecule has 63 heavy (non-hydrogen) atoms. The zero-order chi connectivity index (χ0) is 46.1. The van der Waals surface area contributed by atoms with Crippen molar-refractivity contribution in [3.05, 3.63) is 38.8 Å². The van der Waals surface area contributed by atoms with Gasteiger partial charge in [-0.15, -0.1) is 11.3 Å². The normalized spacial score (nSPS) is 23.1. The number of halogens is 1. The molecule has 3 aliphatic carbocycles. The van der Waals surface area contributed by atoms with Gasteiger partial charge in [-0.2, -0.15) is 0 Å². The van der Waals surface area contributed by atoms with Crippen LogP contribution in [0.4, 0.5) is 9.93 Å². The number of aromatic nitrogens is 2. The largest absolute Gasteiger partial charge is 0.491 e. The number of nitrogens with one attached hydrogen (secondary N) is 3. The molecule has 5 fully saturated rings. The summed E-state index contributed by atoms with van der Waals surface area (Å²) >= 11 is 8.11. The maximum atomic E-state index is 12.7. The average molecular weight is 918 g/mol. The molecular formula is C47H73ClN6O8S. The summed E-state index contributed by atoms with van der Waals surface area (Å²) in [4.78, 5) is 56.1. The Labute approximate surface area is 383 Å². The van der Waals surface area contributed by atoms with Gasteiger partial charge in [0.15, 0.2) is 10.6 Å². The highest BCUT2D eigenvalue weighted by Gasteiger charge is 2.47. The number of morpholine rings is 1. The first kappa shape index (κ1) is 51.7. The average Bonchev–Trinajstić information content (AvgIpc) is 4.00. The minimum absolute atomic E-state index is 0.000000000000000222. The predicted octanol–water partition coefficient (Wildman–Crippen LogP) is 9.16. The van der Waals surface area contributed by atoms with E-state index < -0.39 is 5.97 Å². The number of thiazole rings is 1. The van der Waals surface area contributed by atoms with Gasteiger partial charge < -0.3 is 39.8 Å². The molecule has 0 spiro atoms. The van der Waals surface area contributed by atoms with Crippen LogP contribution < -0.4 is 20.8 Å². The van der Waals surface area contributed by atoms with Crippen molar-refractivity contribution in [3.63, 3.8) is 0 Å². The number of nitrogens with zero attached hydrogens (tertiary/aromatic N) is 3. The van der Waals surface area contributed by atoms with Crippen molar-refractivity contribution in [2.75, 3.05) is 57.9 Å². The molecule has 5 unspecified atom stereocenters. The Bertz CT molecular complexity index is 1920. The van der Waals surface area contributed by atoms with E-state index in [-0.39, 0.29) is 29.6 Å². The number of fused-ring (bicyclic) bond motifs is 2. The molecule has 2 aliphatic heterocycles. The lowest BCUT2D eigenvalue weighted by Gasteiger charge is -2.26. The standard InChI is InChI=1S/C21H25ClN4O3S.C9H15NO2.C7H13NO.C6H10O2.C4H10/c1-13(2)23-21-25-16(12-30-21)15-11-17(27)14-3-4-18(19(22)20(14)24-15)29-10-7-26-5-8-28-9-6-26;1-2-10-9(11)12-8-4-6-3-7(6)5-8;1-2-7-4-3-5-8(7)6-9;1-2-4-3-5(4)6(7)8;1-4(2)3/h3-4,11-13H,5-10H2,1-2H3,(H,23,25)(H,24,27);6-8H,2-5H2,1H3,(H,10,11);6-7H,2-5H2,1H3;4-5H,2-3H2,1H3,(H,7,8);4H,1-3H3. The van der Waals surface area contributed by atoms with Crippen molar-refractivity contribution in [1.29, 1.82) is 0 Å². The first-order chi connectivity index (χ1) is 30.2. The minimum Gasteiger partial charge on any atom is -0.491 e. The number of H-pyrrole nitrogens is 1. The lowest BCUT2D eigenvalue weighted by atomic mass is 10.1. The number of benzene rings is 1. The fourth-order valence-electron chi connectivity index (χ4n) is 7.86. The number of carboxylic acids is 1. The number of amides is 2. The van der Waals surface area contributed by atoms with Crippen molar-refractivity contribution in [2.45, 2.75) is 125 Å². The monoisotopic (exact) mass is 916 g/mol. The zero-order valence-corrected chi connectivity index (χ0v) is 40.3. The van der Waals surface area contributed by atoms with Gasteiger partial charge in [0, 0.05) is 61.6 Å². The number of rotatable bonds is 13. The Balaban J connectivity index is 0.000000214. The van der Waals surface area contributed by atoms with Crippen LogP contribution in [-0.2, 0) is 19.1 Å². The number of pyridine rings is 1. The molecule has 4 heterocycles. The third-order valence-corrected chi connectivity index (χ3v) is 12.6. The second kappa shape index (κ2) is 26.1. The Kier molecular flexibility index (Phi) is 21.5. The van der Waals surface area contributed by atoms with Crippen molar-refractivity contribution < 1.29 is 33.7 Å². The highest BCUT2D eigenvalue weighted by Crippen LogP contribution is 2.52. The van der Waals surface area contributed by atoms with Gasteiger partial charge in [-0.1, -0.05) is 52.6 Å². The van der Waals surface area contributed by atoms with Crippen LogP contribution in [0.2, 0.25) is 5.02 Å². The summed E-state index contributed by atoms with van der Waals surface area (Å²) in [5, 5.41) is 17.9. The fraction of sp³-hybridized carbons (Fsp3) is 0.681. The number of carbonyl (C=O) groups is 3. The zero-order valence-electron chi connectivity index (χ0n) is 38.8. The van der Waals surface area contributed by atoms with Gasteiger partial charge in [-0.05, 0) is 102 Å². The molecule has 2 aromatic heterocycles. The number of carbonyl (C=O) groups excluding carboxylic acids is 2. The number of ether oxygens (including phenoxy) is 3. The third kappa shape index (κ3) is 17.2. The van der Waals surface area contributed by atoms with Gasteiger partial charge >= 0.3 is 12.1 Å². The van der Waals surface area contributed by atoms with Crippen molar-refractivity contribution in [3.8, 4) is 17.1 Å². The molecular weight excluding hydrogens is 844 g/mol. The Morgan fingerprint density at radius 2 is 1.75 bits per heavy atom. The highest BCUT2D eigenvalue weighted by molar-refractivity contribution is 7.14. The van der Waals surface area contributed by atoms with E-state index in [0.29, 0.717) is 58.2 Å². The molecule has 14 nitrogen and oxygen atoms in total. The first-order valence-electron chi connectivity index (χ1n) is 23.1. The number of aliphatic carboxylic acids is 1. The van der Waals surface area contributed by atoms with Crippen LogP contribution in [0.3, 0.4) is 0 Å². The minimum atomic E-state index is -0.614. The Hall–Kier alpha value is -3.92. The molecule has 352 valence electrons. The highest BCUT2D eigenvalue weighted by atomic mass is 35.5. The van der Waals surface area contributed by atoms with Crippen LogP contribution in [0.1, 0.15) is 107 Å². The van der Waals surface area contributed by atoms with E-state index in [2.05, 4.69) is 67.0 Å². The number of alkyl carbamates (subject to hydrolysis) is 1. The van der Waals surface area contributed by atoms with Gasteiger partial charge in [-0.3, -0.25) is 19.3 Å². The van der Waals surface area contributed by atoms with E-state index in [1.54, 1.807) is 18.2 Å². The summed E-state index contributed by atoms with van der Waals surface area (Å²) in [6, 6.07) is 5.90. The lowest BCUT2D eigenvalue weighted by molar-refractivity contribution is -0.138. The van der Waals surface area contributed by atoms with Crippen molar-refractivity contribution in [1.82, 2.24) is 25.1 Å². The molecule has 0 radical (unpaired) electrons. The third-order valence-electron chi connectivity index (χ3n) is 11.5. The van der Waals surface area contributed by atoms with Crippen LogP contribution in [0.25, 0.3) is 22.3 Å². The van der Waals surface area contributed by atoms with Gasteiger partial charge in [0.05, 0.1) is 36.0 Å². The number of hydrogen-bond acceptors (Lipinski definition) is 11. The number of hydrogen-bond donors (Lipinski definition) is 4. The SMILES string of the molecule is CC(C)C.CC(C)Nc1nc(-c2cc(=O)c3ccc(OCCN4CCOCC4)c(Cl)c3[nH]2)cs1.CCC1CC1C(=O)O.CCC1CCCN1C=O.CCNC(=O)OC1CC2CC2C1. The fourth-order valence-corrected chi connectivity index (χ4v) is 8.99. The van der Waals surface area contributed by atoms with Gasteiger partial charge in [0.2, 0.25) is 6.41 Å². The number of aromatic amines is 1. The van der Waals surface area contributed by atoms with Crippen LogP contribution in [0.15, 0.2) is 28.4 Å². The predicted molar refractivity (Wildman–Crippen MR) is 253 cm³/mol. The summed E-state index contributed by atoms with van der Waals surface area (Å²) in [7, 11) is 0. The molecule has 5 atom stereocenters. The smallest absolute Gasteiger partial charge is 0.407 e. The molecule has 3 saturated carbocycles. The van der Waals surface area contributed by atoms with E-state index in [1.807, 2.05) is 24.1 Å². The Morgan fingerprint density at radius 1 is 1.05 bits per heavy atom. The van der Waals surface area contributed by atoms with Crippen LogP contribution in [0, 0.1) is 29.6 Å². The summed E-state index contributed by atoms with van der Waals surface area (Å²) in [6.45, 7) is 23.0. The van der Waals surface area contributed by atoms with Gasteiger partial charge in [0.1, 0.15) is 23.5 Å². The second-order valence-electron chi connectivity index (χ2n) is 17.9. The van der Waals surface area contributed by atoms with Gasteiger partial charge in [-0.25, -0.2) is 9.78 Å². The molecule has 2 saturated heterocycles. The topological polar surface area (TPSA) is 175 Å². The number of likely N-dealkylation sites (tertiary alicyclic amines) is 1. The van der Waals surface area contributed by atoms with Crippen LogP contribution in [0.5, 0.6) is 5.75 Å². The lowest BCUT2D eigenvalue weighted by Crippen LogP contribution is -2.38. The molecule has 4 N–H and O–H groups in total. The molecule has 0 bridgehead atoms. The van der Waals surface area contributed by atoms with E-state index >= 15 is 0 Å². The molecule has 5 aliphatic rings. The second-order valence-corrected chi connectivity index (χ2v) is 19.1. The van der Waals surface area contributed by atoms with E-state index in [4.69, 9.17) is 30.9 Å². The summed E-state index contributed by atoms with van der Waals surface area (Å²) in [5.74, 6) is 3.03. The number of carboxylic acid groups (broad SMARTS) is 1. The van der Waals surface area contributed by atoms with Crippen molar-refractivity contribution in [2.24, 2.45) is 29.6 Å². The van der Waals surface area contributed by atoms with Crippen molar-refractivity contribution >= 4 is 57.4 Å². The van der Waals surface area contributed by atoms with Gasteiger partial charge in [0.25, 0.3) is 0 Å². The molecule has 8 rings (SSSR count). The molecule has 1 aromatic carbocycles. The maximum absolute atomic E-state index is 12.7. The maximum Gasteiger partial charge on any atom is 0.407 e. The Morgan fingerprint density at radius 3 is 2.30 bits per heavy atom. The summed E-state index contributed by atoms with van der Waals surface area (Å²) < 4.78 is 16.5. The quantitative estimate of drug-likeness (QED) is 0.120. The van der Waals surface area contributed by atoms with E-state index in [9.17, 15) is 19.2 Å². The van der Waals surface area contributed by atoms with E-state index in [0.717, 1.165) is 101 Å². The molecule has 16 heteroatoms. The van der Waals surface area contributed by atoms with Crippen LogP contribution in [-0.4, -0.2) is 114 Å². The van der Waals surface area contributed by atoms with Crippen LogP contribution >= 0.6 is 22.9 Å².